The second-order valence-electron chi connectivity index (χ2n) is 1.83. The first-order valence-electron chi connectivity index (χ1n) is 2.84. The van der Waals surface area contributed by atoms with Gasteiger partial charge in [-0.15, -0.1) is 12.4 Å². The molecule has 0 spiro atoms. The predicted molar refractivity (Wildman–Crippen MR) is 48.9 cm³/mol. The largest absolute Gasteiger partial charge is 0.476 e. The minimum Gasteiger partial charge on any atom is -0.476 e. The Morgan fingerprint density at radius 2 is 2.17 bits per heavy atom. The maximum absolute atomic E-state index is 10.3. The molecule has 0 radical (unpaired) electrons. The second-order valence-corrected chi connectivity index (χ2v) is 2.39. The molecule has 1 aromatic heterocycles. The van der Waals surface area contributed by atoms with E-state index in [0.29, 0.717) is 5.33 Å². The van der Waals surface area contributed by atoms with E-state index in [0.717, 1.165) is 5.69 Å². The molecule has 66 valence electrons. The van der Waals surface area contributed by atoms with Crippen LogP contribution in [0.3, 0.4) is 0 Å². The molecule has 1 aromatic rings. The molecule has 0 aliphatic carbocycles. The molecule has 0 atom stereocenters. The lowest BCUT2D eigenvalue weighted by Crippen LogP contribution is -2.01. The lowest BCUT2D eigenvalue weighted by Gasteiger charge is -1.93. The molecule has 1 heterocycles. The third kappa shape index (κ3) is 2.75. The monoisotopic (exact) mass is 252 g/mol. The molecule has 12 heavy (non-hydrogen) atoms. The standard InChI is InChI=1S/C6H5BrN2O2.ClH/c7-1-4-2-9-5(3-8-4)6(10)11;/h2-3H,1H2,(H,10,11);1H. The molecule has 0 fully saturated rings. The van der Waals surface area contributed by atoms with Crippen molar-refractivity contribution < 1.29 is 9.90 Å². The predicted octanol–water partition coefficient (Wildman–Crippen LogP) is 1.49. The van der Waals surface area contributed by atoms with Crippen LogP contribution in [0.15, 0.2) is 12.4 Å². The van der Waals surface area contributed by atoms with E-state index in [1.165, 1.54) is 12.4 Å². The van der Waals surface area contributed by atoms with E-state index < -0.39 is 5.97 Å². The molecule has 0 aliphatic heterocycles. The maximum atomic E-state index is 10.3. The van der Waals surface area contributed by atoms with Gasteiger partial charge in [-0.05, 0) is 0 Å². The van der Waals surface area contributed by atoms with Crippen LogP contribution in [-0.4, -0.2) is 21.0 Å². The first-order chi connectivity index (χ1) is 5.24. The van der Waals surface area contributed by atoms with E-state index in [9.17, 15) is 4.79 Å². The van der Waals surface area contributed by atoms with E-state index in [-0.39, 0.29) is 18.1 Å². The number of alkyl halides is 1. The topological polar surface area (TPSA) is 63.1 Å². The summed E-state index contributed by atoms with van der Waals surface area (Å²) in [5, 5.41) is 9.02. The Balaban J connectivity index is 0.00000121. The first-order valence-corrected chi connectivity index (χ1v) is 3.96. The van der Waals surface area contributed by atoms with Gasteiger partial charge in [-0.3, -0.25) is 4.98 Å². The number of hydrogen-bond donors (Lipinski definition) is 1. The zero-order valence-electron chi connectivity index (χ0n) is 5.90. The molecule has 0 aliphatic rings. The van der Waals surface area contributed by atoms with Crippen molar-refractivity contribution in [3.63, 3.8) is 0 Å². The highest BCUT2D eigenvalue weighted by Crippen LogP contribution is 1.99. The quantitative estimate of drug-likeness (QED) is 0.811. The fourth-order valence-electron chi connectivity index (χ4n) is 0.534. The number of aromatic nitrogens is 2. The van der Waals surface area contributed by atoms with Gasteiger partial charge in [0.1, 0.15) is 0 Å². The second kappa shape index (κ2) is 5.05. The van der Waals surface area contributed by atoms with Crippen molar-refractivity contribution in [2.75, 3.05) is 0 Å². The Labute approximate surface area is 83.6 Å². The Bertz CT molecular complexity index is 265. The zero-order chi connectivity index (χ0) is 8.27. The van der Waals surface area contributed by atoms with Gasteiger partial charge in [-0.1, -0.05) is 15.9 Å². The Morgan fingerprint density at radius 3 is 2.50 bits per heavy atom. The van der Waals surface area contributed by atoms with Crippen molar-refractivity contribution >= 4 is 34.3 Å². The Morgan fingerprint density at radius 1 is 1.50 bits per heavy atom. The van der Waals surface area contributed by atoms with Crippen LogP contribution in [0, 0.1) is 0 Å². The van der Waals surface area contributed by atoms with Crippen LogP contribution in [0.4, 0.5) is 0 Å². The molecule has 4 nitrogen and oxygen atoms in total. The van der Waals surface area contributed by atoms with Gasteiger partial charge in [0.2, 0.25) is 0 Å². The van der Waals surface area contributed by atoms with Crippen LogP contribution in [-0.2, 0) is 5.33 Å². The summed E-state index contributed by atoms with van der Waals surface area (Å²) in [5.74, 6) is -1.06. The van der Waals surface area contributed by atoms with E-state index >= 15 is 0 Å². The number of halogens is 2. The smallest absolute Gasteiger partial charge is 0.356 e. The molecular formula is C6H6BrClN2O2. The van der Waals surface area contributed by atoms with Gasteiger partial charge in [0.25, 0.3) is 0 Å². The normalized spacial score (nSPS) is 8.75. The highest BCUT2D eigenvalue weighted by Gasteiger charge is 2.03. The molecule has 0 unspecified atom stereocenters. The summed E-state index contributed by atoms with van der Waals surface area (Å²) >= 11 is 3.17. The van der Waals surface area contributed by atoms with Crippen LogP contribution in [0.2, 0.25) is 0 Å². The molecule has 6 heteroatoms. The van der Waals surface area contributed by atoms with E-state index in [2.05, 4.69) is 25.9 Å². The number of carboxylic acids is 1. The minimum atomic E-state index is -1.06. The highest BCUT2D eigenvalue weighted by atomic mass is 79.9. The van der Waals surface area contributed by atoms with E-state index in [1.807, 2.05) is 0 Å². The lowest BCUT2D eigenvalue weighted by atomic mass is 10.4. The van der Waals surface area contributed by atoms with Crippen molar-refractivity contribution in [2.45, 2.75) is 5.33 Å². The summed E-state index contributed by atoms with van der Waals surface area (Å²) in [7, 11) is 0. The Kier molecular flexibility index (Phi) is 4.77. The number of aromatic carboxylic acids is 1. The number of hydrogen-bond acceptors (Lipinski definition) is 3. The number of carbonyl (C=O) groups is 1. The fourth-order valence-corrected chi connectivity index (χ4v) is 0.824. The van der Waals surface area contributed by atoms with Gasteiger partial charge in [-0.2, -0.15) is 0 Å². The summed E-state index contributed by atoms with van der Waals surface area (Å²) in [4.78, 5) is 17.8. The van der Waals surface area contributed by atoms with Crippen molar-refractivity contribution in [3.05, 3.63) is 23.8 Å². The van der Waals surface area contributed by atoms with E-state index in [1.54, 1.807) is 0 Å². The van der Waals surface area contributed by atoms with Crippen molar-refractivity contribution in [1.29, 1.82) is 0 Å². The summed E-state index contributed by atoms with van der Waals surface area (Å²) in [6.45, 7) is 0. The first kappa shape index (κ1) is 11.3. The van der Waals surface area contributed by atoms with Crippen LogP contribution in [0.5, 0.6) is 0 Å². The van der Waals surface area contributed by atoms with Gasteiger partial charge in [0.05, 0.1) is 18.1 Å². The molecule has 0 saturated carbocycles. The molecule has 1 rings (SSSR count). The minimum absolute atomic E-state index is 0. The zero-order valence-corrected chi connectivity index (χ0v) is 8.30. The molecule has 0 saturated heterocycles. The molecular weight excluding hydrogens is 247 g/mol. The highest BCUT2D eigenvalue weighted by molar-refractivity contribution is 9.08. The third-order valence-electron chi connectivity index (χ3n) is 1.06. The summed E-state index contributed by atoms with van der Waals surface area (Å²) in [5.41, 5.74) is 0.685. The van der Waals surface area contributed by atoms with Gasteiger partial charge in [0.15, 0.2) is 5.69 Å². The molecule has 0 bridgehead atoms. The van der Waals surface area contributed by atoms with Crippen LogP contribution >= 0.6 is 28.3 Å². The van der Waals surface area contributed by atoms with Gasteiger partial charge in [0, 0.05) is 5.33 Å². The molecule has 0 amide bonds. The van der Waals surface area contributed by atoms with Crippen LogP contribution in [0.1, 0.15) is 16.2 Å². The Hall–Kier alpha value is -0.680. The third-order valence-corrected chi connectivity index (χ3v) is 1.64. The van der Waals surface area contributed by atoms with Gasteiger partial charge >= 0.3 is 5.97 Å². The average Bonchev–Trinajstić information content (AvgIpc) is 2.05. The van der Waals surface area contributed by atoms with E-state index in [4.69, 9.17) is 5.11 Å². The van der Waals surface area contributed by atoms with Crippen molar-refractivity contribution in [2.24, 2.45) is 0 Å². The maximum Gasteiger partial charge on any atom is 0.356 e. The van der Waals surface area contributed by atoms with Gasteiger partial charge < -0.3 is 5.11 Å². The lowest BCUT2D eigenvalue weighted by molar-refractivity contribution is 0.0690. The SMILES string of the molecule is Cl.O=C(O)c1cnc(CBr)cn1. The average molecular weight is 253 g/mol. The van der Waals surface area contributed by atoms with Gasteiger partial charge in [-0.25, -0.2) is 9.78 Å². The number of carboxylic acid groups (broad SMARTS) is 1. The van der Waals surface area contributed by atoms with Crippen molar-refractivity contribution in [1.82, 2.24) is 9.97 Å². The van der Waals surface area contributed by atoms with Crippen molar-refractivity contribution in [3.8, 4) is 0 Å². The molecule has 1 N–H and O–H groups in total. The van der Waals surface area contributed by atoms with Crippen LogP contribution in [0.25, 0.3) is 0 Å². The summed E-state index contributed by atoms with van der Waals surface area (Å²) < 4.78 is 0. The number of nitrogens with zero attached hydrogens (tertiary/aromatic N) is 2. The molecule has 0 aromatic carbocycles. The summed E-state index contributed by atoms with van der Waals surface area (Å²) in [6, 6.07) is 0. The van der Waals surface area contributed by atoms with Crippen LogP contribution < -0.4 is 0 Å². The fraction of sp³-hybridized carbons (Fsp3) is 0.167. The number of rotatable bonds is 2. The summed E-state index contributed by atoms with van der Waals surface area (Å²) in [6.07, 6.45) is 2.66.